The van der Waals surface area contributed by atoms with Gasteiger partial charge in [-0.15, -0.1) is 0 Å². The molecule has 2 aromatic rings. The summed E-state index contributed by atoms with van der Waals surface area (Å²) in [7, 11) is 1.83. The van der Waals surface area contributed by atoms with Gasteiger partial charge in [-0.05, 0) is 25.1 Å². The van der Waals surface area contributed by atoms with Gasteiger partial charge in [0.15, 0.2) is 12.1 Å². The maximum Gasteiger partial charge on any atom is 0.265 e. The molecule has 3 N–H and O–H groups in total. The Bertz CT molecular complexity index is 643. The molecule has 19 heavy (non-hydrogen) atoms. The molecule has 0 bridgehead atoms. The predicted molar refractivity (Wildman–Crippen MR) is 71.8 cm³/mol. The highest BCUT2D eigenvalue weighted by molar-refractivity contribution is 5.98. The number of nitrogens with two attached hydrogens (primary N) is 1. The normalized spacial score (nSPS) is 17.6. The van der Waals surface area contributed by atoms with Crippen LogP contribution >= 0.6 is 0 Å². The summed E-state index contributed by atoms with van der Waals surface area (Å²) in [6, 6.07) is 5.55. The number of amides is 1. The second kappa shape index (κ2) is 4.01. The van der Waals surface area contributed by atoms with Gasteiger partial charge < -0.3 is 20.4 Å². The molecule has 1 aliphatic rings. The number of imidazole rings is 1. The lowest BCUT2D eigenvalue weighted by Crippen LogP contribution is -2.34. The first-order valence-corrected chi connectivity index (χ1v) is 5.95. The zero-order chi connectivity index (χ0) is 13.6. The molecule has 1 amide bonds. The Hall–Kier alpha value is -2.50. The van der Waals surface area contributed by atoms with E-state index in [1.54, 1.807) is 11.5 Å². The summed E-state index contributed by atoms with van der Waals surface area (Å²) in [5.74, 6) is 0.964. The predicted octanol–water partition coefficient (Wildman–Crippen LogP) is 1.39. The number of nitrogen functional groups attached to an aromatic ring is 1. The number of ether oxygens (including phenoxy) is 1. The molecule has 6 heteroatoms. The summed E-state index contributed by atoms with van der Waals surface area (Å²) in [6.45, 7) is 1.71. The van der Waals surface area contributed by atoms with E-state index in [2.05, 4.69) is 10.3 Å². The molecule has 2 heterocycles. The Morgan fingerprint density at radius 2 is 2.26 bits per heavy atom. The number of nitrogens with zero attached hydrogens (tertiary/aromatic N) is 2. The van der Waals surface area contributed by atoms with Crippen LogP contribution in [0.3, 0.4) is 0 Å². The molecule has 1 aromatic heterocycles. The van der Waals surface area contributed by atoms with Crippen molar-refractivity contribution in [3.05, 3.63) is 24.4 Å². The number of benzene rings is 1. The molecule has 0 aliphatic carbocycles. The van der Waals surface area contributed by atoms with Crippen molar-refractivity contribution < 1.29 is 9.53 Å². The van der Waals surface area contributed by atoms with Crippen LogP contribution in [0, 0.1) is 0 Å². The Kier molecular flexibility index (Phi) is 2.45. The molecule has 0 radical (unpaired) electrons. The minimum absolute atomic E-state index is 0.148. The fourth-order valence-electron chi connectivity index (χ4n) is 1.99. The number of hydrogen-bond donors (Lipinski definition) is 2. The van der Waals surface area contributed by atoms with Gasteiger partial charge in [-0.2, -0.15) is 0 Å². The first-order valence-electron chi connectivity index (χ1n) is 5.95. The van der Waals surface area contributed by atoms with Crippen molar-refractivity contribution in [2.24, 2.45) is 7.05 Å². The summed E-state index contributed by atoms with van der Waals surface area (Å²) in [5, 5.41) is 2.81. The highest BCUT2D eigenvalue weighted by Crippen LogP contribution is 2.33. The van der Waals surface area contributed by atoms with Gasteiger partial charge in [0.1, 0.15) is 5.75 Å². The van der Waals surface area contributed by atoms with Gasteiger partial charge in [-0.3, -0.25) is 4.79 Å². The summed E-state index contributed by atoms with van der Waals surface area (Å²) in [5.41, 5.74) is 8.01. The average molecular weight is 258 g/mol. The SMILES string of the molecule is CC1Oc2ccc(-c3cn(C)c(N)n3)cc2NC1=O. The Labute approximate surface area is 110 Å². The van der Waals surface area contributed by atoms with Gasteiger partial charge in [0.2, 0.25) is 0 Å². The minimum atomic E-state index is -0.469. The Morgan fingerprint density at radius 1 is 1.47 bits per heavy atom. The maximum atomic E-state index is 11.6. The smallest absolute Gasteiger partial charge is 0.265 e. The van der Waals surface area contributed by atoms with E-state index in [1.165, 1.54) is 0 Å². The minimum Gasteiger partial charge on any atom is -0.479 e. The van der Waals surface area contributed by atoms with Crippen LogP contribution in [0.25, 0.3) is 11.3 Å². The first kappa shape index (κ1) is 11.6. The number of anilines is 2. The number of fused-ring (bicyclic) bond motifs is 1. The van der Waals surface area contributed by atoms with Gasteiger partial charge >= 0.3 is 0 Å². The third kappa shape index (κ3) is 1.91. The zero-order valence-electron chi connectivity index (χ0n) is 10.7. The number of aromatic nitrogens is 2. The highest BCUT2D eigenvalue weighted by atomic mass is 16.5. The molecule has 0 spiro atoms. The van der Waals surface area contributed by atoms with Crippen LogP contribution in [0.1, 0.15) is 6.92 Å². The number of aryl methyl sites for hydroxylation is 1. The van der Waals surface area contributed by atoms with Gasteiger partial charge in [0, 0.05) is 18.8 Å². The molecule has 1 aliphatic heterocycles. The van der Waals surface area contributed by atoms with Gasteiger partial charge in [-0.1, -0.05) is 0 Å². The molecule has 0 fully saturated rings. The number of carbonyl (C=O) groups excluding carboxylic acids is 1. The van der Waals surface area contributed by atoms with Crippen molar-refractivity contribution in [1.29, 1.82) is 0 Å². The number of rotatable bonds is 1. The van der Waals surface area contributed by atoms with E-state index in [1.807, 2.05) is 31.4 Å². The second-order valence-corrected chi connectivity index (χ2v) is 4.56. The summed E-state index contributed by atoms with van der Waals surface area (Å²) in [6.07, 6.45) is 1.37. The molecule has 1 aromatic carbocycles. The molecule has 1 atom stereocenters. The van der Waals surface area contributed by atoms with Crippen molar-refractivity contribution >= 4 is 17.5 Å². The lowest BCUT2D eigenvalue weighted by atomic mass is 10.1. The fraction of sp³-hybridized carbons (Fsp3) is 0.231. The Morgan fingerprint density at radius 3 is 2.95 bits per heavy atom. The van der Waals surface area contributed by atoms with Crippen molar-refractivity contribution in [2.75, 3.05) is 11.1 Å². The third-order valence-electron chi connectivity index (χ3n) is 3.12. The molecule has 1 unspecified atom stereocenters. The fourth-order valence-corrected chi connectivity index (χ4v) is 1.99. The number of nitrogens with one attached hydrogen (secondary N) is 1. The average Bonchev–Trinajstić information content (AvgIpc) is 2.71. The van der Waals surface area contributed by atoms with Crippen LogP contribution in [0.4, 0.5) is 11.6 Å². The standard InChI is InChI=1S/C13H14N4O2/c1-7-12(18)15-9-5-8(3-4-11(9)19-7)10-6-17(2)13(14)16-10/h3-7H,1-2H3,(H2,14,16)(H,15,18). The molecule has 0 saturated heterocycles. The van der Waals surface area contributed by atoms with Gasteiger partial charge in [0.05, 0.1) is 11.4 Å². The van der Waals surface area contributed by atoms with Crippen LogP contribution in [-0.4, -0.2) is 21.6 Å². The van der Waals surface area contributed by atoms with Crippen LogP contribution in [-0.2, 0) is 11.8 Å². The van der Waals surface area contributed by atoms with Crippen molar-refractivity contribution in [3.8, 4) is 17.0 Å². The summed E-state index contributed by atoms with van der Waals surface area (Å²) >= 11 is 0. The van der Waals surface area contributed by atoms with Crippen LogP contribution in [0.2, 0.25) is 0 Å². The van der Waals surface area contributed by atoms with Crippen LogP contribution in [0.15, 0.2) is 24.4 Å². The molecule has 3 rings (SSSR count). The van der Waals surface area contributed by atoms with E-state index in [-0.39, 0.29) is 5.91 Å². The topological polar surface area (TPSA) is 82.2 Å². The van der Waals surface area contributed by atoms with Crippen LogP contribution < -0.4 is 15.8 Å². The van der Waals surface area contributed by atoms with E-state index in [9.17, 15) is 4.79 Å². The first-order chi connectivity index (χ1) is 9.04. The zero-order valence-corrected chi connectivity index (χ0v) is 10.7. The van der Waals surface area contributed by atoms with E-state index in [0.29, 0.717) is 17.4 Å². The third-order valence-corrected chi connectivity index (χ3v) is 3.12. The molecular weight excluding hydrogens is 244 g/mol. The van der Waals surface area contributed by atoms with Crippen molar-refractivity contribution in [2.45, 2.75) is 13.0 Å². The Balaban J connectivity index is 2.02. The van der Waals surface area contributed by atoms with Crippen LogP contribution in [0.5, 0.6) is 5.75 Å². The van der Waals surface area contributed by atoms with E-state index in [0.717, 1.165) is 11.3 Å². The summed E-state index contributed by atoms with van der Waals surface area (Å²) in [4.78, 5) is 15.8. The van der Waals surface area contributed by atoms with Crippen molar-refractivity contribution in [3.63, 3.8) is 0 Å². The largest absolute Gasteiger partial charge is 0.479 e. The molecular formula is C13H14N4O2. The number of carbonyl (C=O) groups is 1. The lowest BCUT2D eigenvalue weighted by molar-refractivity contribution is -0.122. The second-order valence-electron chi connectivity index (χ2n) is 4.56. The van der Waals surface area contributed by atoms with E-state index >= 15 is 0 Å². The van der Waals surface area contributed by atoms with E-state index in [4.69, 9.17) is 10.5 Å². The molecule has 0 saturated carbocycles. The monoisotopic (exact) mass is 258 g/mol. The molecule has 6 nitrogen and oxygen atoms in total. The highest BCUT2D eigenvalue weighted by Gasteiger charge is 2.23. The molecule has 98 valence electrons. The number of hydrogen-bond acceptors (Lipinski definition) is 4. The lowest BCUT2D eigenvalue weighted by Gasteiger charge is -2.23. The van der Waals surface area contributed by atoms with Crippen molar-refractivity contribution in [1.82, 2.24) is 9.55 Å². The van der Waals surface area contributed by atoms with Gasteiger partial charge in [0.25, 0.3) is 5.91 Å². The van der Waals surface area contributed by atoms with E-state index < -0.39 is 6.10 Å². The quantitative estimate of drug-likeness (QED) is 0.809. The summed E-state index contributed by atoms with van der Waals surface area (Å²) < 4.78 is 7.24. The van der Waals surface area contributed by atoms with Gasteiger partial charge in [-0.25, -0.2) is 4.98 Å². The maximum absolute atomic E-state index is 11.6.